The van der Waals surface area contributed by atoms with Crippen LogP contribution in [0.25, 0.3) is 0 Å². The SMILES string of the molecule is CC(O)(c1ccccc1)N(O)C(C)(O)c1ccccc1. The maximum Gasteiger partial charge on any atom is 0.167 e. The number of hydrogen-bond donors (Lipinski definition) is 3. The minimum atomic E-state index is -1.72. The van der Waals surface area contributed by atoms with Crippen molar-refractivity contribution in [3.8, 4) is 0 Å². The largest absolute Gasteiger partial charge is 0.369 e. The van der Waals surface area contributed by atoms with Crippen molar-refractivity contribution in [3.05, 3.63) is 71.8 Å². The fraction of sp³-hybridized carbons (Fsp3) is 0.250. The first-order chi connectivity index (χ1) is 9.37. The molecule has 0 amide bonds. The molecular weight excluding hydrogens is 254 g/mol. The fourth-order valence-corrected chi connectivity index (χ4v) is 2.18. The predicted octanol–water partition coefficient (Wildman–Crippen LogP) is 2.41. The van der Waals surface area contributed by atoms with E-state index < -0.39 is 11.4 Å². The molecule has 2 atom stereocenters. The minimum Gasteiger partial charge on any atom is -0.369 e. The Hall–Kier alpha value is -1.72. The van der Waals surface area contributed by atoms with E-state index in [1.165, 1.54) is 13.8 Å². The second-order valence-electron chi connectivity index (χ2n) is 5.09. The van der Waals surface area contributed by atoms with E-state index in [0.29, 0.717) is 16.2 Å². The summed E-state index contributed by atoms with van der Waals surface area (Å²) in [6.45, 7) is 2.86. The van der Waals surface area contributed by atoms with Gasteiger partial charge in [-0.3, -0.25) is 0 Å². The lowest BCUT2D eigenvalue weighted by molar-refractivity contribution is -0.364. The first-order valence-electron chi connectivity index (χ1n) is 6.42. The van der Waals surface area contributed by atoms with Crippen molar-refractivity contribution in [1.82, 2.24) is 5.06 Å². The van der Waals surface area contributed by atoms with Crippen molar-refractivity contribution in [2.45, 2.75) is 25.3 Å². The number of rotatable bonds is 4. The predicted molar refractivity (Wildman–Crippen MR) is 75.7 cm³/mol. The third-order valence-corrected chi connectivity index (χ3v) is 3.47. The van der Waals surface area contributed by atoms with Gasteiger partial charge in [-0.15, -0.1) is 5.06 Å². The number of aliphatic hydroxyl groups is 2. The summed E-state index contributed by atoms with van der Waals surface area (Å²) in [6.07, 6.45) is 0. The highest BCUT2D eigenvalue weighted by atomic mass is 16.6. The zero-order valence-corrected chi connectivity index (χ0v) is 11.6. The molecular formula is C16H19NO3. The molecule has 4 nitrogen and oxygen atoms in total. The van der Waals surface area contributed by atoms with Gasteiger partial charge in [0.25, 0.3) is 0 Å². The van der Waals surface area contributed by atoms with Crippen LogP contribution in [0.15, 0.2) is 60.7 Å². The topological polar surface area (TPSA) is 63.9 Å². The number of nitrogens with zero attached hydrogens (tertiary/aromatic N) is 1. The molecule has 0 aliphatic heterocycles. The Kier molecular flexibility index (Phi) is 3.92. The summed E-state index contributed by atoms with van der Waals surface area (Å²) in [5.41, 5.74) is -2.47. The Balaban J connectivity index is 2.37. The molecule has 0 heterocycles. The van der Waals surface area contributed by atoms with E-state index in [0.717, 1.165) is 0 Å². The average Bonchev–Trinajstić information content (AvgIpc) is 2.48. The van der Waals surface area contributed by atoms with Crippen LogP contribution < -0.4 is 0 Å². The van der Waals surface area contributed by atoms with E-state index in [-0.39, 0.29) is 0 Å². The van der Waals surface area contributed by atoms with E-state index in [1.54, 1.807) is 48.5 Å². The Morgan fingerprint density at radius 3 is 1.30 bits per heavy atom. The van der Waals surface area contributed by atoms with Gasteiger partial charge in [-0.05, 0) is 13.8 Å². The van der Waals surface area contributed by atoms with E-state index in [9.17, 15) is 15.4 Å². The minimum absolute atomic E-state index is 0.485. The van der Waals surface area contributed by atoms with Gasteiger partial charge < -0.3 is 15.4 Å². The van der Waals surface area contributed by atoms with Crippen LogP contribution in [0.2, 0.25) is 0 Å². The zero-order chi connectivity index (χ0) is 14.8. The lowest BCUT2D eigenvalue weighted by atomic mass is 9.98. The summed E-state index contributed by atoms with van der Waals surface area (Å²) in [7, 11) is 0. The Morgan fingerprint density at radius 2 is 1.00 bits per heavy atom. The van der Waals surface area contributed by atoms with Crippen LogP contribution in [-0.2, 0) is 11.4 Å². The van der Waals surface area contributed by atoms with Gasteiger partial charge >= 0.3 is 0 Å². The second kappa shape index (κ2) is 5.34. The fourth-order valence-electron chi connectivity index (χ4n) is 2.18. The molecule has 20 heavy (non-hydrogen) atoms. The van der Waals surface area contributed by atoms with Crippen LogP contribution in [0, 0.1) is 0 Å². The highest BCUT2D eigenvalue weighted by Crippen LogP contribution is 2.34. The summed E-state index contributed by atoms with van der Waals surface area (Å²) in [4.78, 5) is 0. The van der Waals surface area contributed by atoms with E-state index in [4.69, 9.17) is 0 Å². The van der Waals surface area contributed by atoms with Crippen LogP contribution in [-0.4, -0.2) is 20.5 Å². The summed E-state index contributed by atoms with van der Waals surface area (Å²) < 4.78 is 0. The second-order valence-corrected chi connectivity index (χ2v) is 5.09. The highest BCUT2D eigenvalue weighted by Gasteiger charge is 2.43. The van der Waals surface area contributed by atoms with Crippen molar-refractivity contribution >= 4 is 0 Å². The normalized spacial score (nSPS) is 17.5. The van der Waals surface area contributed by atoms with Gasteiger partial charge in [0.15, 0.2) is 11.4 Å². The molecule has 2 unspecified atom stereocenters. The van der Waals surface area contributed by atoms with Crippen molar-refractivity contribution in [2.75, 3.05) is 0 Å². The van der Waals surface area contributed by atoms with Crippen molar-refractivity contribution < 1.29 is 15.4 Å². The van der Waals surface area contributed by atoms with Gasteiger partial charge in [0.05, 0.1) is 0 Å². The third kappa shape index (κ3) is 2.59. The molecule has 0 aliphatic rings. The van der Waals surface area contributed by atoms with Crippen LogP contribution in [0.4, 0.5) is 0 Å². The lowest BCUT2D eigenvalue weighted by Crippen LogP contribution is -2.53. The number of hydrogen-bond acceptors (Lipinski definition) is 4. The number of hydroxylamine groups is 2. The Labute approximate surface area is 118 Å². The van der Waals surface area contributed by atoms with Crippen molar-refractivity contribution in [2.24, 2.45) is 0 Å². The molecule has 3 N–H and O–H groups in total. The summed E-state index contributed by atoms with van der Waals surface area (Å²) in [5, 5.41) is 32.0. The zero-order valence-electron chi connectivity index (χ0n) is 11.6. The molecule has 0 aliphatic carbocycles. The summed E-state index contributed by atoms with van der Waals surface area (Å²) in [6, 6.07) is 17.4. The molecule has 0 bridgehead atoms. The van der Waals surface area contributed by atoms with Crippen LogP contribution in [0.3, 0.4) is 0 Å². The van der Waals surface area contributed by atoms with E-state index >= 15 is 0 Å². The average molecular weight is 273 g/mol. The molecule has 0 radical (unpaired) electrons. The van der Waals surface area contributed by atoms with Crippen molar-refractivity contribution in [1.29, 1.82) is 0 Å². The molecule has 2 rings (SSSR count). The van der Waals surface area contributed by atoms with Crippen LogP contribution in [0.1, 0.15) is 25.0 Å². The maximum absolute atomic E-state index is 10.6. The molecule has 0 fully saturated rings. The molecule has 2 aromatic carbocycles. The summed E-state index contributed by atoms with van der Waals surface area (Å²) in [5.74, 6) is 0. The van der Waals surface area contributed by atoms with Gasteiger partial charge in [-0.1, -0.05) is 60.7 Å². The first kappa shape index (κ1) is 14.7. The molecule has 0 aromatic heterocycles. The molecule has 0 saturated heterocycles. The highest BCUT2D eigenvalue weighted by molar-refractivity contribution is 5.24. The standard InChI is InChI=1S/C16H19NO3/c1-15(18,13-9-5-3-6-10-13)17(20)16(2,19)14-11-7-4-8-12-14/h3-12,18-20H,1-2H3. The molecule has 0 saturated carbocycles. The first-order valence-corrected chi connectivity index (χ1v) is 6.42. The molecule has 106 valence electrons. The van der Waals surface area contributed by atoms with Crippen LogP contribution in [0.5, 0.6) is 0 Å². The molecule has 0 spiro atoms. The van der Waals surface area contributed by atoms with Gasteiger partial charge in [0, 0.05) is 11.1 Å². The quantitative estimate of drug-likeness (QED) is 0.591. The maximum atomic E-state index is 10.6. The number of benzene rings is 2. The van der Waals surface area contributed by atoms with E-state index in [2.05, 4.69) is 0 Å². The van der Waals surface area contributed by atoms with Gasteiger partial charge in [0.1, 0.15) is 0 Å². The van der Waals surface area contributed by atoms with E-state index in [1.807, 2.05) is 12.1 Å². The lowest BCUT2D eigenvalue weighted by Gasteiger charge is -2.41. The van der Waals surface area contributed by atoms with Gasteiger partial charge in [-0.2, -0.15) is 0 Å². The van der Waals surface area contributed by atoms with Crippen molar-refractivity contribution in [3.63, 3.8) is 0 Å². The smallest absolute Gasteiger partial charge is 0.167 e. The van der Waals surface area contributed by atoms with Crippen LogP contribution >= 0.6 is 0 Å². The monoisotopic (exact) mass is 273 g/mol. The molecule has 4 heteroatoms. The Bertz CT molecular complexity index is 501. The van der Waals surface area contributed by atoms with Gasteiger partial charge in [-0.25, -0.2) is 0 Å². The molecule has 2 aromatic rings. The van der Waals surface area contributed by atoms with Gasteiger partial charge in [0.2, 0.25) is 0 Å². The summed E-state index contributed by atoms with van der Waals surface area (Å²) >= 11 is 0. The Morgan fingerprint density at radius 1 is 0.700 bits per heavy atom. The third-order valence-electron chi connectivity index (χ3n) is 3.47.